The molecule has 1 aromatic rings. The molecule has 0 atom stereocenters. The molecule has 114 valence electrons. The molecule has 0 unspecified atom stereocenters. The second-order valence-corrected chi connectivity index (χ2v) is 6.14. The van der Waals surface area contributed by atoms with Gasteiger partial charge in [-0.1, -0.05) is 18.6 Å². The second kappa shape index (κ2) is 6.83. The number of nitrogens with one attached hydrogen (secondary N) is 1. The minimum absolute atomic E-state index is 0.404. The summed E-state index contributed by atoms with van der Waals surface area (Å²) in [6, 6.07) is 8.80. The predicted molar refractivity (Wildman–Crippen MR) is 85.4 cm³/mol. The fourth-order valence-corrected chi connectivity index (χ4v) is 2.71. The van der Waals surface area contributed by atoms with E-state index in [2.05, 4.69) is 22.4 Å². The van der Waals surface area contributed by atoms with Crippen molar-refractivity contribution in [3.63, 3.8) is 0 Å². The fourth-order valence-electron chi connectivity index (χ4n) is 2.71. The van der Waals surface area contributed by atoms with Crippen LogP contribution in [0, 0.1) is 0 Å². The summed E-state index contributed by atoms with van der Waals surface area (Å²) in [4.78, 5) is 4.36. The lowest BCUT2D eigenvalue weighted by atomic mass is 9.98. The lowest BCUT2D eigenvalue weighted by molar-refractivity contribution is 0.155. The van der Waals surface area contributed by atoms with Gasteiger partial charge in [0, 0.05) is 6.04 Å². The summed E-state index contributed by atoms with van der Waals surface area (Å²) in [7, 11) is 0. The number of aliphatic imine (C=N–C) groups is 1. The maximum atomic E-state index is 6.02. The van der Waals surface area contributed by atoms with Gasteiger partial charge in [-0.15, -0.1) is 0 Å². The second-order valence-electron chi connectivity index (χ2n) is 6.14. The summed E-state index contributed by atoms with van der Waals surface area (Å²) >= 11 is 0. The molecule has 0 spiro atoms. The van der Waals surface area contributed by atoms with Crippen LogP contribution in [0.2, 0.25) is 0 Å². The SMILES string of the molecule is NC(=NCc1ccc(OC2CCCCC2)cc1)NC1CC1. The molecule has 1 aromatic carbocycles. The number of hydrogen-bond donors (Lipinski definition) is 2. The molecule has 2 aliphatic rings. The zero-order chi connectivity index (χ0) is 14.5. The van der Waals surface area contributed by atoms with E-state index in [0.29, 0.717) is 24.7 Å². The first kappa shape index (κ1) is 14.2. The van der Waals surface area contributed by atoms with Gasteiger partial charge in [0.05, 0.1) is 12.6 Å². The highest BCUT2D eigenvalue weighted by Crippen LogP contribution is 2.23. The molecule has 0 aliphatic heterocycles. The number of nitrogens with two attached hydrogens (primary N) is 1. The Morgan fingerprint density at radius 3 is 2.48 bits per heavy atom. The van der Waals surface area contributed by atoms with Crippen molar-refractivity contribution in [2.24, 2.45) is 10.7 Å². The van der Waals surface area contributed by atoms with Crippen molar-refractivity contribution in [3.05, 3.63) is 29.8 Å². The minimum atomic E-state index is 0.404. The minimum Gasteiger partial charge on any atom is -0.490 e. The molecule has 4 nitrogen and oxygen atoms in total. The molecule has 2 fully saturated rings. The van der Waals surface area contributed by atoms with E-state index in [-0.39, 0.29) is 0 Å². The summed E-state index contributed by atoms with van der Waals surface area (Å²) in [6.07, 6.45) is 9.15. The van der Waals surface area contributed by atoms with E-state index < -0.39 is 0 Å². The van der Waals surface area contributed by atoms with Crippen LogP contribution in [0.15, 0.2) is 29.3 Å². The Morgan fingerprint density at radius 2 is 1.81 bits per heavy atom. The van der Waals surface area contributed by atoms with E-state index in [1.165, 1.54) is 44.9 Å². The van der Waals surface area contributed by atoms with Gasteiger partial charge in [-0.05, 0) is 56.2 Å². The fraction of sp³-hybridized carbons (Fsp3) is 0.588. The first-order chi connectivity index (χ1) is 10.3. The molecule has 4 heteroatoms. The number of guanidine groups is 1. The Labute approximate surface area is 126 Å². The van der Waals surface area contributed by atoms with Crippen molar-refractivity contribution in [1.82, 2.24) is 5.32 Å². The molecular weight excluding hydrogens is 262 g/mol. The van der Waals surface area contributed by atoms with Crippen molar-refractivity contribution in [2.75, 3.05) is 0 Å². The lowest BCUT2D eigenvalue weighted by Gasteiger charge is -2.23. The highest BCUT2D eigenvalue weighted by molar-refractivity contribution is 5.78. The van der Waals surface area contributed by atoms with Crippen molar-refractivity contribution in [2.45, 2.75) is 63.6 Å². The smallest absolute Gasteiger partial charge is 0.189 e. The Hall–Kier alpha value is -1.71. The normalized spacial score (nSPS) is 20.3. The first-order valence-corrected chi connectivity index (χ1v) is 8.11. The molecule has 0 radical (unpaired) electrons. The topological polar surface area (TPSA) is 59.6 Å². The molecule has 21 heavy (non-hydrogen) atoms. The zero-order valence-corrected chi connectivity index (χ0v) is 12.6. The maximum Gasteiger partial charge on any atom is 0.189 e. The van der Waals surface area contributed by atoms with Crippen molar-refractivity contribution in [3.8, 4) is 5.75 Å². The van der Waals surface area contributed by atoms with Gasteiger partial charge < -0.3 is 15.8 Å². The molecule has 0 heterocycles. The van der Waals surface area contributed by atoms with Gasteiger partial charge >= 0.3 is 0 Å². The molecular formula is C17H25N3O. The Bertz CT molecular complexity index is 473. The quantitative estimate of drug-likeness (QED) is 0.646. The Kier molecular flexibility index (Phi) is 4.63. The van der Waals surface area contributed by atoms with Crippen LogP contribution in [-0.4, -0.2) is 18.1 Å². The van der Waals surface area contributed by atoms with Crippen molar-refractivity contribution < 1.29 is 4.74 Å². The van der Waals surface area contributed by atoms with E-state index in [0.717, 1.165) is 11.3 Å². The van der Waals surface area contributed by atoms with Gasteiger partial charge in [0.25, 0.3) is 0 Å². The van der Waals surface area contributed by atoms with Gasteiger partial charge in [0.15, 0.2) is 5.96 Å². The summed E-state index contributed by atoms with van der Waals surface area (Å²) < 4.78 is 6.02. The first-order valence-electron chi connectivity index (χ1n) is 8.11. The lowest BCUT2D eigenvalue weighted by Crippen LogP contribution is -2.33. The molecule has 0 amide bonds. The van der Waals surface area contributed by atoms with Crippen LogP contribution < -0.4 is 15.8 Å². The number of nitrogens with zero attached hydrogens (tertiary/aromatic N) is 1. The largest absolute Gasteiger partial charge is 0.490 e. The van der Waals surface area contributed by atoms with Crippen molar-refractivity contribution >= 4 is 5.96 Å². The summed E-state index contributed by atoms with van der Waals surface area (Å²) in [5.74, 6) is 1.53. The number of ether oxygens (including phenoxy) is 1. The summed E-state index contributed by atoms with van der Waals surface area (Å²) in [5.41, 5.74) is 6.99. The van der Waals surface area contributed by atoms with Crippen LogP contribution in [-0.2, 0) is 6.54 Å². The summed E-state index contributed by atoms with van der Waals surface area (Å²) in [6.45, 7) is 0.620. The van der Waals surface area contributed by atoms with E-state index >= 15 is 0 Å². The van der Waals surface area contributed by atoms with Crippen molar-refractivity contribution in [1.29, 1.82) is 0 Å². The molecule has 0 aromatic heterocycles. The van der Waals surface area contributed by atoms with E-state index in [1.807, 2.05) is 12.1 Å². The monoisotopic (exact) mass is 287 g/mol. The van der Waals surface area contributed by atoms with Gasteiger partial charge in [-0.2, -0.15) is 0 Å². The summed E-state index contributed by atoms with van der Waals surface area (Å²) in [5, 5.41) is 3.19. The molecule has 3 N–H and O–H groups in total. The molecule has 0 bridgehead atoms. The van der Waals surface area contributed by atoms with E-state index in [9.17, 15) is 0 Å². The maximum absolute atomic E-state index is 6.02. The van der Waals surface area contributed by atoms with E-state index in [1.54, 1.807) is 0 Å². The predicted octanol–water partition coefficient (Wildman–Crippen LogP) is 2.96. The van der Waals surface area contributed by atoms with Crippen LogP contribution in [0.4, 0.5) is 0 Å². The standard InChI is InChI=1S/C17H25N3O/c18-17(20-14-8-9-14)19-12-13-6-10-16(11-7-13)21-15-4-2-1-3-5-15/h6-7,10-11,14-15H,1-5,8-9,12H2,(H3,18,19,20). The van der Waals surface area contributed by atoms with E-state index in [4.69, 9.17) is 10.5 Å². The number of hydrogen-bond acceptors (Lipinski definition) is 2. The van der Waals surface area contributed by atoms with Gasteiger partial charge in [-0.3, -0.25) is 0 Å². The molecule has 0 saturated heterocycles. The third kappa shape index (κ3) is 4.66. The Morgan fingerprint density at radius 1 is 1.10 bits per heavy atom. The van der Waals surface area contributed by atoms with Crippen LogP contribution >= 0.6 is 0 Å². The third-order valence-corrected chi connectivity index (χ3v) is 4.14. The molecule has 2 aliphatic carbocycles. The average Bonchev–Trinajstić information content (AvgIpc) is 3.32. The third-order valence-electron chi connectivity index (χ3n) is 4.14. The highest BCUT2D eigenvalue weighted by Gasteiger charge is 2.21. The zero-order valence-electron chi connectivity index (χ0n) is 12.6. The molecule has 3 rings (SSSR count). The van der Waals surface area contributed by atoms with Crippen LogP contribution in [0.25, 0.3) is 0 Å². The molecule has 2 saturated carbocycles. The van der Waals surface area contributed by atoms with Gasteiger partial charge in [0.2, 0.25) is 0 Å². The van der Waals surface area contributed by atoms with Crippen LogP contribution in [0.1, 0.15) is 50.5 Å². The number of benzene rings is 1. The van der Waals surface area contributed by atoms with Gasteiger partial charge in [0.1, 0.15) is 5.75 Å². The highest BCUT2D eigenvalue weighted by atomic mass is 16.5. The van der Waals surface area contributed by atoms with Gasteiger partial charge in [-0.25, -0.2) is 4.99 Å². The van der Waals surface area contributed by atoms with Crippen LogP contribution in [0.5, 0.6) is 5.75 Å². The Balaban J connectivity index is 1.48. The van der Waals surface area contributed by atoms with Crippen LogP contribution in [0.3, 0.4) is 0 Å². The average molecular weight is 287 g/mol. The number of rotatable bonds is 5.